The van der Waals surface area contributed by atoms with Crippen molar-refractivity contribution in [3.05, 3.63) is 71.4 Å². The molecule has 0 atom stereocenters. The third-order valence-corrected chi connectivity index (χ3v) is 3.18. The monoisotopic (exact) mass is 268 g/mol. The average Bonchev–Trinajstić information content (AvgIpc) is 2.80. The van der Waals surface area contributed by atoms with Crippen LogP contribution in [0.25, 0.3) is 10.9 Å². The van der Waals surface area contributed by atoms with Gasteiger partial charge in [0, 0.05) is 24.3 Å². The van der Waals surface area contributed by atoms with Crippen molar-refractivity contribution in [3.8, 4) is 6.07 Å². The van der Waals surface area contributed by atoms with Crippen LogP contribution in [0.2, 0.25) is 0 Å². The zero-order valence-corrected chi connectivity index (χ0v) is 10.5. The number of aromatic nitrogens is 1. The molecule has 98 valence electrons. The minimum absolute atomic E-state index is 0.354. The van der Waals surface area contributed by atoms with Gasteiger partial charge in [-0.2, -0.15) is 5.26 Å². The van der Waals surface area contributed by atoms with E-state index in [4.69, 9.17) is 5.26 Å². The topological polar surface area (TPSA) is 28.7 Å². The molecule has 0 N–H and O–H groups in total. The fraction of sp³-hybridized carbons (Fsp3) is 0.0625. The summed E-state index contributed by atoms with van der Waals surface area (Å²) in [6, 6.07) is 12.8. The summed E-state index contributed by atoms with van der Waals surface area (Å²) in [5.41, 5.74) is 1.97. The van der Waals surface area contributed by atoms with Gasteiger partial charge in [-0.3, -0.25) is 0 Å². The van der Waals surface area contributed by atoms with Crippen LogP contribution in [-0.4, -0.2) is 4.57 Å². The highest BCUT2D eigenvalue weighted by atomic mass is 19.1. The minimum Gasteiger partial charge on any atom is -0.343 e. The van der Waals surface area contributed by atoms with Crippen LogP contribution in [0.5, 0.6) is 0 Å². The molecule has 20 heavy (non-hydrogen) atoms. The number of rotatable bonds is 2. The Balaban J connectivity index is 2.04. The first-order valence-electron chi connectivity index (χ1n) is 6.10. The molecular formula is C16H10F2N2. The third kappa shape index (κ3) is 2.26. The lowest BCUT2D eigenvalue weighted by atomic mass is 10.1. The summed E-state index contributed by atoms with van der Waals surface area (Å²) in [7, 11) is 0. The van der Waals surface area contributed by atoms with E-state index in [9.17, 15) is 8.78 Å². The van der Waals surface area contributed by atoms with Crippen molar-refractivity contribution < 1.29 is 8.78 Å². The van der Waals surface area contributed by atoms with Gasteiger partial charge in [0.2, 0.25) is 0 Å². The molecule has 2 nitrogen and oxygen atoms in total. The van der Waals surface area contributed by atoms with Crippen LogP contribution < -0.4 is 0 Å². The molecule has 1 heterocycles. The van der Waals surface area contributed by atoms with Crippen LogP contribution in [0.15, 0.2) is 48.7 Å². The quantitative estimate of drug-likeness (QED) is 0.694. The lowest BCUT2D eigenvalue weighted by Crippen LogP contribution is -1.99. The molecule has 0 aliphatic heterocycles. The number of halogens is 2. The molecule has 0 radical (unpaired) electrons. The summed E-state index contributed by atoms with van der Waals surface area (Å²) in [6.07, 6.45) is 1.84. The maximum Gasteiger partial charge on any atom is 0.126 e. The summed E-state index contributed by atoms with van der Waals surface area (Å²) in [5, 5.41) is 9.92. The highest BCUT2D eigenvalue weighted by molar-refractivity contribution is 5.81. The zero-order valence-electron chi connectivity index (χ0n) is 10.5. The second kappa shape index (κ2) is 4.78. The maximum absolute atomic E-state index is 13.2. The second-order valence-corrected chi connectivity index (χ2v) is 4.61. The van der Waals surface area contributed by atoms with Crippen molar-refractivity contribution in [1.82, 2.24) is 4.57 Å². The molecule has 0 saturated heterocycles. The van der Waals surface area contributed by atoms with Gasteiger partial charge < -0.3 is 4.57 Å². The molecule has 0 spiro atoms. The van der Waals surface area contributed by atoms with Crippen molar-refractivity contribution in [1.29, 1.82) is 5.26 Å². The Morgan fingerprint density at radius 1 is 1.00 bits per heavy atom. The summed E-state index contributed by atoms with van der Waals surface area (Å²) in [5.74, 6) is -1.18. The van der Waals surface area contributed by atoms with E-state index in [2.05, 4.69) is 6.07 Å². The fourth-order valence-electron chi connectivity index (χ4n) is 2.29. The molecule has 1 aromatic heterocycles. The lowest BCUT2D eigenvalue weighted by molar-refractivity contribution is 0.578. The van der Waals surface area contributed by atoms with Gasteiger partial charge in [-0.05, 0) is 41.3 Å². The van der Waals surface area contributed by atoms with E-state index in [0.717, 1.165) is 17.0 Å². The number of nitriles is 1. The number of benzene rings is 2. The second-order valence-electron chi connectivity index (χ2n) is 4.61. The van der Waals surface area contributed by atoms with Gasteiger partial charge in [0.15, 0.2) is 0 Å². The van der Waals surface area contributed by atoms with Crippen molar-refractivity contribution >= 4 is 10.9 Å². The fourth-order valence-corrected chi connectivity index (χ4v) is 2.29. The Kier molecular flexibility index (Phi) is 2.96. The number of hydrogen-bond acceptors (Lipinski definition) is 1. The van der Waals surface area contributed by atoms with Gasteiger partial charge in [0.25, 0.3) is 0 Å². The van der Waals surface area contributed by atoms with Crippen LogP contribution in [0, 0.1) is 23.0 Å². The van der Waals surface area contributed by atoms with E-state index in [-0.39, 0.29) is 0 Å². The van der Waals surface area contributed by atoms with E-state index < -0.39 is 11.6 Å². The summed E-state index contributed by atoms with van der Waals surface area (Å²) in [6.45, 7) is 0.354. The molecule has 3 rings (SSSR count). The van der Waals surface area contributed by atoms with Crippen molar-refractivity contribution in [2.45, 2.75) is 6.54 Å². The van der Waals surface area contributed by atoms with Crippen LogP contribution >= 0.6 is 0 Å². The van der Waals surface area contributed by atoms with Gasteiger partial charge in [-0.15, -0.1) is 0 Å². The average molecular weight is 268 g/mol. The van der Waals surface area contributed by atoms with Crippen LogP contribution in [-0.2, 0) is 6.54 Å². The number of nitrogens with zero attached hydrogens (tertiary/aromatic N) is 2. The molecule has 0 bridgehead atoms. The van der Waals surface area contributed by atoms with Crippen molar-refractivity contribution in [2.24, 2.45) is 0 Å². The van der Waals surface area contributed by atoms with Gasteiger partial charge in [-0.1, -0.05) is 6.07 Å². The molecular weight excluding hydrogens is 258 g/mol. The standard InChI is InChI=1S/C16H10F2N2/c17-14-5-12(6-15(18)8-14)10-20-4-3-13-2-1-11(9-19)7-16(13)20/h1-8H,10H2. The van der Waals surface area contributed by atoms with Crippen molar-refractivity contribution in [2.75, 3.05) is 0 Å². The third-order valence-electron chi connectivity index (χ3n) is 3.18. The van der Waals surface area contributed by atoms with Crippen LogP contribution in [0.4, 0.5) is 8.78 Å². The first-order chi connectivity index (χ1) is 9.65. The maximum atomic E-state index is 13.2. The molecule has 3 aromatic rings. The number of hydrogen-bond donors (Lipinski definition) is 0. The lowest BCUT2D eigenvalue weighted by Gasteiger charge is -2.06. The van der Waals surface area contributed by atoms with Gasteiger partial charge >= 0.3 is 0 Å². The molecule has 0 unspecified atom stereocenters. The minimum atomic E-state index is -0.589. The zero-order chi connectivity index (χ0) is 14.1. The van der Waals surface area contributed by atoms with Gasteiger partial charge in [-0.25, -0.2) is 8.78 Å². The normalized spacial score (nSPS) is 10.7. The van der Waals surface area contributed by atoms with E-state index in [1.165, 1.54) is 12.1 Å². The van der Waals surface area contributed by atoms with Crippen LogP contribution in [0.1, 0.15) is 11.1 Å². The Morgan fingerprint density at radius 2 is 1.75 bits per heavy atom. The predicted molar refractivity (Wildman–Crippen MR) is 72.1 cm³/mol. The molecule has 4 heteroatoms. The van der Waals surface area contributed by atoms with E-state index >= 15 is 0 Å². The van der Waals surface area contributed by atoms with Crippen LogP contribution in [0.3, 0.4) is 0 Å². The summed E-state index contributed by atoms with van der Waals surface area (Å²) < 4.78 is 28.3. The van der Waals surface area contributed by atoms with E-state index in [1.54, 1.807) is 12.1 Å². The molecule has 0 aliphatic rings. The molecule has 0 aliphatic carbocycles. The summed E-state index contributed by atoms with van der Waals surface area (Å²) >= 11 is 0. The Labute approximate surface area is 114 Å². The molecule has 0 saturated carbocycles. The first-order valence-corrected chi connectivity index (χ1v) is 6.10. The molecule has 0 fully saturated rings. The first kappa shape index (κ1) is 12.4. The highest BCUT2D eigenvalue weighted by Crippen LogP contribution is 2.19. The Hall–Kier alpha value is -2.67. The predicted octanol–water partition coefficient (Wildman–Crippen LogP) is 3.84. The Morgan fingerprint density at radius 3 is 2.45 bits per heavy atom. The largest absolute Gasteiger partial charge is 0.343 e. The highest BCUT2D eigenvalue weighted by Gasteiger charge is 2.05. The van der Waals surface area contributed by atoms with Crippen molar-refractivity contribution in [3.63, 3.8) is 0 Å². The number of fused-ring (bicyclic) bond motifs is 1. The van der Waals surface area contributed by atoms with E-state index in [1.807, 2.05) is 22.9 Å². The van der Waals surface area contributed by atoms with Gasteiger partial charge in [0.05, 0.1) is 11.6 Å². The summed E-state index contributed by atoms with van der Waals surface area (Å²) in [4.78, 5) is 0. The molecule has 2 aromatic carbocycles. The van der Waals surface area contributed by atoms with Gasteiger partial charge in [0.1, 0.15) is 11.6 Å². The van der Waals surface area contributed by atoms with E-state index in [0.29, 0.717) is 17.7 Å². The molecule has 0 amide bonds. The SMILES string of the molecule is N#Cc1ccc2ccn(Cc3cc(F)cc(F)c3)c2c1. The smallest absolute Gasteiger partial charge is 0.126 e. The Bertz CT molecular complexity index is 808.